The highest BCUT2D eigenvalue weighted by Crippen LogP contribution is 2.36. The van der Waals surface area contributed by atoms with Gasteiger partial charge in [-0.15, -0.1) is 0 Å². The van der Waals surface area contributed by atoms with Crippen molar-refractivity contribution in [2.24, 2.45) is 5.73 Å². The van der Waals surface area contributed by atoms with Crippen molar-refractivity contribution < 1.29 is 14.3 Å². The minimum Gasteiger partial charge on any atom is -0.493 e. The molecular weight excluding hydrogens is 260 g/mol. The summed E-state index contributed by atoms with van der Waals surface area (Å²) >= 11 is 0. The van der Waals surface area contributed by atoms with E-state index < -0.39 is 6.09 Å². The Morgan fingerprint density at radius 3 is 2.35 bits per heavy atom. The topological polar surface area (TPSA) is 94.1 Å². The van der Waals surface area contributed by atoms with Gasteiger partial charge in [0.05, 0.1) is 18.5 Å². The molecule has 7 heteroatoms. The van der Waals surface area contributed by atoms with Crippen LogP contribution in [0.1, 0.15) is 0 Å². The fraction of sp³-hybridized carbons (Fsp3) is 0.462. The molecule has 0 aliphatic heterocycles. The SMILES string of the molecule is COc1cc(N(C)CCN(C)C)c(N)cc1OC(N)=O. The molecule has 7 nitrogen and oxygen atoms in total. The smallest absolute Gasteiger partial charge is 0.410 e. The summed E-state index contributed by atoms with van der Waals surface area (Å²) in [5.41, 5.74) is 12.3. The number of nitrogens with two attached hydrogens (primary N) is 2. The standard InChI is InChI=1S/C13H22N4O3/c1-16(2)5-6-17(3)10-8-11(19-4)12(7-9(10)14)20-13(15)18/h7-8H,5-6,14H2,1-4H3,(H2,15,18). The molecule has 0 saturated carbocycles. The number of carbonyl (C=O) groups excluding carboxylic acids is 1. The number of anilines is 2. The summed E-state index contributed by atoms with van der Waals surface area (Å²) in [5, 5.41) is 0. The molecule has 0 saturated heterocycles. The number of hydrogen-bond donors (Lipinski definition) is 2. The molecule has 1 amide bonds. The van der Waals surface area contributed by atoms with Gasteiger partial charge >= 0.3 is 6.09 Å². The third kappa shape index (κ3) is 4.20. The van der Waals surface area contributed by atoms with Gasteiger partial charge in [-0.2, -0.15) is 0 Å². The predicted octanol–water partition coefficient (Wildman–Crippen LogP) is 0.733. The average Bonchev–Trinajstić information content (AvgIpc) is 2.35. The summed E-state index contributed by atoms with van der Waals surface area (Å²) in [5.74, 6) is 0.618. The van der Waals surface area contributed by atoms with E-state index in [1.807, 2.05) is 26.0 Å². The number of nitrogen functional groups attached to an aromatic ring is 1. The lowest BCUT2D eigenvalue weighted by molar-refractivity contribution is 0.208. The maximum Gasteiger partial charge on any atom is 0.410 e. The van der Waals surface area contributed by atoms with Crippen LogP contribution in [-0.2, 0) is 0 Å². The summed E-state index contributed by atoms with van der Waals surface area (Å²) in [4.78, 5) is 14.9. The second kappa shape index (κ2) is 6.85. The van der Waals surface area contributed by atoms with E-state index in [0.29, 0.717) is 11.4 Å². The maximum absolute atomic E-state index is 10.8. The van der Waals surface area contributed by atoms with E-state index in [1.165, 1.54) is 13.2 Å². The van der Waals surface area contributed by atoms with E-state index in [-0.39, 0.29) is 5.75 Å². The molecule has 0 atom stereocenters. The number of hydrogen-bond acceptors (Lipinski definition) is 6. The number of primary amides is 1. The molecule has 0 spiro atoms. The van der Waals surface area contributed by atoms with E-state index in [2.05, 4.69) is 4.90 Å². The molecule has 1 aromatic rings. The zero-order valence-electron chi connectivity index (χ0n) is 12.3. The molecule has 20 heavy (non-hydrogen) atoms. The first-order valence-electron chi connectivity index (χ1n) is 6.15. The highest BCUT2D eigenvalue weighted by atomic mass is 16.6. The van der Waals surface area contributed by atoms with Crippen molar-refractivity contribution in [3.05, 3.63) is 12.1 Å². The first-order chi connectivity index (χ1) is 9.35. The second-order valence-electron chi connectivity index (χ2n) is 4.71. The molecule has 1 rings (SSSR count). The number of benzene rings is 1. The van der Waals surface area contributed by atoms with Gasteiger partial charge in [0.15, 0.2) is 11.5 Å². The summed E-state index contributed by atoms with van der Waals surface area (Å²) < 4.78 is 10.0. The fourth-order valence-corrected chi connectivity index (χ4v) is 1.71. The third-order valence-electron chi connectivity index (χ3n) is 2.82. The summed E-state index contributed by atoms with van der Waals surface area (Å²) in [7, 11) is 7.43. The normalized spacial score (nSPS) is 10.4. The van der Waals surface area contributed by atoms with Crippen LogP contribution in [0.15, 0.2) is 12.1 Å². The largest absolute Gasteiger partial charge is 0.493 e. The molecule has 0 aliphatic rings. The first kappa shape index (κ1) is 15.9. The van der Waals surface area contributed by atoms with Gasteiger partial charge in [0.25, 0.3) is 0 Å². The molecule has 0 fully saturated rings. The van der Waals surface area contributed by atoms with Gasteiger partial charge < -0.3 is 30.7 Å². The first-order valence-corrected chi connectivity index (χ1v) is 6.15. The van der Waals surface area contributed by atoms with Crippen LogP contribution in [0.5, 0.6) is 11.5 Å². The summed E-state index contributed by atoms with van der Waals surface area (Å²) in [6.07, 6.45) is -0.906. The molecule has 112 valence electrons. The van der Waals surface area contributed by atoms with E-state index in [9.17, 15) is 4.79 Å². The number of carbonyl (C=O) groups is 1. The Morgan fingerprint density at radius 1 is 1.20 bits per heavy atom. The molecule has 0 radical (unpaired) electrons. The van der Waals surface area contributed by atoms with Crippen molar-refractivity contribution in [1.29, 1.82) is 0 Å². The van der Waals surface area contributed by atoms with Gasteiger partial charge in [0.1, 0.15) is 0 Å². The van der Waals surface area contributed by atoms with Crippen LogP contribution in [0.3, 0.4) is 0 Å². The molecule has 0 unspecified atom stereocenters. The summed E-state index contributed by atoms with van der Waals surface area (Å²) in [6.45, 7) is 1.69. The molecule has 1 aromatic carbocycles. The van der Waals surface area contributed by atoms with Crippen molar-refractivity contribution in [2.75, 3.05) is 52.0 Å². The Labute approximate surface area is 119 Å². The van der Waals surface area contributed by atoms with Crippen LogP contribution in [0.2, 0.25) is 0 Å². The van der Waals surface area contributed by atoms with Gasteiger partial charge in [-0.25, -0.2) is 4.79 Å². The quantitative estimate of drug-likeness (QED) is 0.747. The van der Waals surface area contributed by atoms with Crippen LogP contribution in [0.25, 0.3) is 0 Å². The van der Waals surface area contributed by atoms with Gasteiger partial charge in [0, 0.05) is 32.3 Å². The third-order valence-corrected chi connectivity index (χ3v) is 2.82. The lowest BCUT2D eigenvalue weighted by atomic mass is 10.2. The number of rotatable bonds is 6. The Kier molecular flexibility index (Phi) is 5.45. The molecule has 0 bridgehead atoms. The van der Waals surface area contributed by atoms with Crippen LogP contribution < -0.4 is 25.8 Å². The van der Waals surface area contributed by atoms with Crippen molar-refractivity contribution in [3.63, 3.8) is 0 Å². The average molecular weight is 282 g/mol. The van der Waals surface area contributed by atoms with Crippen molar-refractivity contribution in [2.45, 2.75) is 0 Å². The van der Waals surface area contributed by atoms with E-state index in [0.717, 1.165) is 18.8 Å². The molecule has 0 aliphatic carbocycles. The second-order valence-corrected chi connectivity index (χ2v) is 4.71. The minimum atomic E-state index is -0.906. The number of amides is 1. The van der Waals surface area contributed by atoms with Crippen molar-refractivity contribution in [3.8, 4) is 11.5 Å². The minimum absolute atomic E-state index is 0.210. The molecule has 4 N–H and O–H groups in total. The number of nitrogens with zero attached hydrogens (tertiary/aromatic N) is 2. The highest BCUT2D eigenvalue weighted by molar-refractivity contribution is 5.76. The Balaban J connectivity index is 3.00. The zero-order chi connectivity index (χ0) is 15.3. The van der Waals surface area contributed by atoms with Crippen molar-refractivity contribution >= 4 is 17.5 Å². The van der Waals surface area contributed by atoms with Crippen molar-refractivity contribution in [1.82, 2.24) is 4.90 Å². The number of ether oxygens (including phenoxy) is 2. The lowest BCUT2D eigenvalue weighted by Gasteiger charge is -2.24. The Morgan fingerprint density at radius 2 is 1.85 bits per heavy atom. The van der Waals surface area contributed by atoms with Gasteiger partial charge in [0.2, 0.25) is 0 Å². The van der Waals surface area contributed by atoms with Crippen LogP contribution in [0, 0.1) is 0 Å². The van der Waals surface area contributed by atoms with Crippen LogP contribution in [-0.4, -0.2) is 52.3 Å². The molecule has 0 aromatic heterocycles. The van der Waals surface area contributed by atoms with E-state index >= 15 is 0 Å². The highest BCUT2D eigenvalue weighted by Gasteiger charge is 2.14. The Hall–Kier alpha value is -2.15. The zero-order valence-corrected chi connectivity index (χ0v) is 12.3. The predicted molar refractivity (Wildman–Crippen MR) is 79.4 cm³/mol. The van der Waals surface area contributed by atoms with Gasteiger partial charge in [-0.1, -0.05) is 0 Å². The summed E-state index contributed by atoms with van der Waals surface area (Å²) in [6, 6.07) is 3.26. The van der Waals surface area contributed by atoms with E-state index in [1.54, 1.807) is 6.07 Å². The molecule has 0 heterocycles. The number of methoxy groups -OCH3 is 1. The van der Waals surface area contributed by atoms with Crippen LogP contribution >= 0.6 is 0 Å². The van der Waals surface area contributed by atoms with Gasteiger partial charge in [-0.3, -0.25) is 0 Å². The maximum atomic E-state index is 10.8. The fourth-order valence-electron chi connectivity index (χ4n) is 1.71. The Bertz CT molecular complexity index is 477. The van der Waals surface area contributed by atoms with Gasteiger partial charge in [-0.05, 0) is 14.1 Å². The molecular formula is C13H22N4O3. The number of likely N-dealkylation sites (N-methyl/N-ethyl adjacent to an activating group) is 2. The lowest BCUT2D eigenvalue weighted by Crippen LogP contribution is -2.29. The van der Waals surface area contributed by atoms with E-state index in [4.69, 9.17) is 20.9 Å². The van der Waals surface area contributed by atoms with Crippen LogP contribution in [0.4, 0.5) is 16.2 Å². The monoisotopic (exact) mass is 282 g/mol.